The average molecular weight is 998 g/mol. The maximum Gasteiger partial charge on any atom is 0.170 e. The van der Waals surface area contributed by atoms with Gasteiger partial charge in [0, 0.05) is 44.5 Å². The van der Waals surface area contributed by atoms with Crippen molar-refractivity contribution in [3.05, 3.63) is 287 Å². The molecule has 0 unspecified atom stereocenters. The van der Waals surface area contributed by atoms with Gasteiger partial charge in [0.15, 0.2) is 46.3 Å². The van der Waals surface area contributed by atoms with Crippen molar-refractivity contribution in [2.24, 2.45) is 0 Å². The Kier molecular flexibility index (Phi) is 26.3. The van der Waals surface area contributed by atoms with Gasteiger partial charge >= 0.3 is 0 Å². The van der Waals surface area contributed by atoms with E-state index < -0.39 is 0 Å². The first kappa shape index (κ1) is 58.6. The molecule has 0 fully saturated rings. The molecule has 380 valence electrons. The molecule has 0 aliphatic rings. The van der Waals surface area contributed by atoms with Crippen molar-refractivity contribution < 1.29 is 38.4 Å². The highest BCUT2D eigenvalue weighted by molar-refractivity contribution is 6.15. The highest BCUT2D eigenvalue weighted by atomic mass is 16.2. The van der Waals surface area contributed by atoms with Crippen molar-refractivity contribution in [2.75, 3.05) is 19.6 Å². The molecule has 0 saturated carbocycles. The van der Waals surface area contributed by atoms with E-state index >= 15 is 0 Å². The van der Waals surface area contributed by atoms with Gasteiger partial charge in [0.05, 0.1) is 25.7 Å². The molecule has 0 heterocycles. The maximum atomic E-state index is 11.8. The zero-order chi connectivity index (χ0) is 54.0. The summed E-state index contributed by atoms with van der Waals surface area (Å²) in [4.78, 5) is 96.8. The zero-order valence-electron chi connectivity index (χ0n) is 42.8. The Bertz CT molecular complexity index is 2380. The van der Waals surface area contributed by atoms with Crippen molar-refractivity contribution in [3.8, 4) is 0 Å². The van der Waals surface area contributed by atoms with Gasteiger partial charge in [0.25, 0.3) is 0 Å². The highest BCUT2D eigenvalue weighted by Gasteiger charge is 2.16. The minimum atomic E-state index is -0.139. The minimum absolute atomic E-state index is 0.0754. The van der Waals surface area contributed by atoms with Crippen LogP contribution in [0.2, 0.25) is 0 Å². The Balaban J connectivity index is 0.000000207. The molecule has 0 radical (unpaired) electrons. The summed E-state index contributed by atoms with van der Waals surface area (Å²) in [5, 5.41) is 0. The Morgan fingerprint density at radius 1 is 0.213 bits per heavy atom. The summed E-state index contributed by atoms with van der Waals surface area (Å²) in [5.74, 6) is -1.12. The van der Waals surface area contributed by atoms with Crippen LogP contribution in [0.1, 0.15) is 129 Å². The second-order valence-electron chi connectivity index (χ2n) is 16.6. The van der Waals surface area contributed by atoms with E-state index in [4.69, 9.17) is 0 Å². The van der Waals surface area contributed by atoms with Crippen LogP contribution in [0.3, 0.4) is 0 Å². The number of benzene rings is 8. The molecular formula is C66H63NO8. The van der Waals surface area contributed by atoms with E-state index in [9.17, 15) is 38.4 Å². The van der Waals surface area contributed by atoms with Gasteiger partial charge in [0.2, 0.25) is 0 Å². The number of hydrogen-bond donors (Lipinski definition) is 0. The first-order valence-electron chi connectivity index (χ1n) is 24.8. The molecule has 8 aromatic rings. The summed E-state index contributed by atoms with van der Waals surface area (Å²) in [6.07, 6.45) is -0.301. The molecule has 8 rings (SSSR count). The van der Waals surface area contributed by atoms with E-state index in [2.05, 4.69) is 25.7 Å². The van der Waals surface area contributed by atoms with Gasteiger partial charge in [-0.15, -0.1) is 0 Å². The highest BCUT2D eigenvalue weighted by Crippen LogP contribution is 2.12. The fourth-order valence-corrected chi connectivity index (χ4v) is 7.06. The van der Waals surface area contributed by atoms with Gasteiger partial charge in [-0.3, -0.25) is 38.4 Å². The minimum Gasteiger partial charge on any atom is -0.304 e. The second kappa shape index (κ2) is 33.7. The number of nitrogens with zero attached hydrogens (tertiary/aromatic N) is 1. The lowest BCUT2D eigenvalue weighted by Gasteiger charge is -2.13. The van der Waals surface area contributed by atoms with Crippen LogP contribution in [0, 0.1) is 0 Å². The van der Waals surface area contributed by atoms with Crippen LogP contribution < -0.4 is 0 Å². The third-order valence-corrected chi connectivity index (χ3v) is 11.4. The van der Waals surface area contributed by atoms with Crippen molar-refractivity contribution in [2.45, 2.75) is 46.5 Å². The van der Waals surface area contributed by atoms with Gasteiger partial charge < -0.3 is 4.90 Å². The van der Waals surface area contributed by atoms with E-state index in [1.54, 1.807) is 194 Å². The molecule has 0 atom stereocenters. The molecule has 0 aliphatic heterocycles. The Morgan fingerprint density at radius 3 is 0.400 bits per heavy atom. The van der Waals surface area contributed by atoms with E-state index in [-0.39, 0.29) is 71.9 Å². The summed E-state index contributed by atoms with van der Waals surface area (Å²) >= 11 is 0. The second-order valence-corrected chi connectivity index (χ2v) is 16.6. The lowest BCUT2D eigenvalue weighted by molar-refractivity contribution is 0.0878. The van der Waals surface area contributed by atoms with Crippen LogP contribution >= 0.6 is 0 Å². The van der Waals surface area contributed by atoms with Crippen LogP contribution in [0.15, 0.2) is 243 Å². The Labute approximate surface area is 440 Å². The molecule has 9 nitrogen and oxygen atoms in total. The first-order chi connectivity index (χ1) is 36.4. The van der Waals surface area contributed by atoms with Gasteiger partial charge in [-0.25, -0.2) is 0 Å². The number of ketones is 8. The molecule has 0 bridgehead atoms. The van der Waals surface area contributed by atoms with Gasteiger partial charge in [0.1, 0.15) is 0 Å². The fourth-order valence-electron chi connectivity index (χ4n) is 7.06. The average Bonchev–Trinajstić information content (AvgIpc) is 3.48. The number of hydrogen-bond acceptors (Lipinski definition) is 9. The molecule has 0 saturated heterocycles. The number of carbonyl (C=O) groups excluding carboxylic acids is 8. The quantitative estimate of drug-likeness (QED) is 0.0572. The van der Waals surface area contributed by atoms with E-state index in [0.717, 1.165) is 0 Å². The Morgan fingerprint density at radius 2 is 0.320 bits per heavy atom. The molecule has 0 spiro atoms. The smallest absolute Gasteiger partial charge is 0.170 e. The van der Waals surface area contributed by atoms with E-state index in [0.29, 0.717) is 44.5 Å². The summed E-state index contributed by atoms with van der Waals surface area (Å²) in [6.45, 7) is 10.1. The van der Waals surface area contributed by atoms with Gasteiger partial charge in [-0.1, -0.05) is 263 Å². The largest absolute Gasteiger partial charge is 0.304 e. The zero-order valence-corrected chi connectivity index (χ0v) is 42.8. The number of carbonyl (C=O) groups is 8. The van der Waals surface area contributed by atoms with Crippen LogP contribution in [0.5, 0.6) is 0 Å². The predicted molar refractivity (Wildman–Crippen MR) is 298 cm³/mol. The van der Waals surface area contributed by atoms with Crippen LogP contribution in [-0.4, -0.2) is 70.8 Å². The topological polar surface area (TPSA) is 140 Å². The molecule has 0 aliphatic carbocycles. The van der Waals surface area contributed by atoms with Crippen LogP contribution in [0.25, 0.3) is 0 Å². The molecule has 75 heavy (non-hydrogen) atoms. The fraction of sp³-hybridized carbons (Fsp3) is 0.152. The molecule has 0 amide bonds. The monoisotopic (exact) mass is 997 g/mol. The standard InChI is InChI=1S/4C15H12O2.C6H15N/c4*16-14(12-7-3-1-4-8-12)11-15(17)13-9-5-2-6-10-13;1-4-7(5-2)6-3/h4*1-10H,11H2;4-6H2,1-3H3. The van der Waals surface area contributed by atoms with Crippen molar-refractivity contribution in [1.29, 1.82) is 0 Å². The molecule has 0 N–H and O–H groups in total. The first-order valence-corrected chi connectivity index (χ1v) is 24.8. The normalized spacial score (nSPS) is 9.92. The van der Waals surface area contributed by atoms with Gasteiger partial charge in [-0.05, 0) is 19.6 Å². The third kappa shape index (κ3) is 21.8. The van der Waals surface area contributed by atoms with Crippen LogP contribution in [-0.2, 0) is 0 Å². The third-order valence-electron chi connectivity index (χ3n) is 11.4. The van der Waals surface area contributed by atoms with Crippen molar-refractivity contribution in [3.63, 3.8) is 0 Å². The van der Waals surface area contributed by atoms with Crippen molar-refractivity contribution >= 4 is 46.3 Å². The number of Topliss-reactive ketones (excluding diaryl/α,β-unsaturated/α-hetero) is 8. The molecule has 0 aromatic heterocycles. The maximum absolute atomic E-state index is 11.8. The van der Waals surface area contributed by atoms with E-state index in [1.807, 2.05) is 48.5 Å². The molecule has 8 aromatic carbocycles. The summed E-state index contributed by atoms with van der Waals surface area (Å²) in [7, 11) is 0. The summed E-state index contributed by atoms with van der Waals surface area (Å²) < 4.78 is 0. The van der Waals surface area contributed by atoms with Crippen molar-refractivity contribution in [1.82, 2.24) is 4.90 Å². The summed E-state index contributed by atoms with van der Waals surface area (Å²) in [5.41, 5.74) is 4.64. The lowest BCUT2D eigenvalue weighted by Crippen LogP contribution is -2.21. The molecular weight excluding hydrogens is 935 g/mol. The van der Waals surface area contributed by atoms with Gasteiger partial charge in [-0.2, -0.15) is 0 Å². The number of rotatable bonds is 19. The predicted octanol–water partition coefficient (Wildman–Crippen LogP) is 13.9. The van der Waals surface area contributed by atoms with Crippen LogP contribution in [0.4, 0.5) is 0 Å². The SMILES string of the molecule is CCN(CC)CC.O=C(CC(=O)c1ccccc1)c1ccccc1.O=C(CC(=O)c1ccccc1)c1ccccc1.O=C(CC(=O)c1ccccc1)c1ccccc1.O=C(CC(=O)c1ccccc1)c1ccccc1. The molecule has 9 heteroatoms. The Hall–Kier alpha value is -8.92. The van der Waals surface area contributed by atoms with E-state index in [1.165, 1.54) is 19.6 Å². The lowest BCUT2D eigenvalue weighted by atomic mass is 10.0. The summed E-state index contributed by atoms with van der Waals surface area (Å²) in [6, 6.07) is 71.0.